The highest BCUT2D eigenvalue weighted by molar-refractivity contribution is 7.99. The lowest BCUT2D eigenvalue weighted by Crippen LogP contribution is -2.15. The predicted octanol–water partition coefficient (Wildman–Crippen LogP) is 4.95. The molecule has 0 aliphatic carbocycles. The number of carbonyl (C=O) groups excluding carboxylic acids is 2. The Labute approximate surface area is 206 Å². The van der Waals surface area contributed by atoms with Crippen molar-refractivity contribution < 1.29 is 9.59 Å². The molecule has 2 aromatic carbocycles. The molecule has 10 heteroatoms. The van der Waals surface area contributed by atoms with Gasteiger partial charge in [-0.15, -0.1) is 10.2 Å². The van der Waals surface area contributed by atoms with Crippen LogP contribution >= 0.6 is 23.4 Å². The van der Waals surface area contributed by atoms with Gasteiger partial charge in [0.25, 0.3) is 0 Å². The second kappa shape index (κ2) is 10.2. The second-order valence-electron chi connectivity index (χ2n) is 7.60. The molecule has 0 atom stereocenters. The first-order valence-corrected chi connectivity index (χ1v) is 12.0. The van der Waals surface area contributed by atoms with Crippen molar-refractivity contribution in [3.63, 3.8) is 0 Å². The molecule has 8 nitrogen and oxygen atoms in total. The lowest BCUT2D eigenvalue weighted by atomic mass is 10.1. The molecule has 4 aromatic rings. The molecule has 0 unspecified atom stereocenters. The zero-order valence-corrected chi connectivity index (χ0v) is 20.5. The molecule has 174 valence electrons. The van der Waals surface area contributed by atoms with E-state index in [1.807, 2.05) is 49.0 Å². The number of ketones is 1. The Kier molecular flexibility index (Phi) is 7.14. The average molecular weight is 495 g/mol. The number of anilines is 1. The van der Waals surface area contributed by atoms with Crippen LogP contribution in [0.4, 0.5) is 5.69 Å². The zero-order chi connectivity index (χ0) is 24.2. The molecule has 1 amide bonds. The third kappa shape index (κ3) is 5.21. The van der Waals surface area contributed by atoms with Crippen LogP contribution in [0.1, 0.15) is 24.2 Å². The van der Waals surface area contributed by atoms with Crippen molar-refractivity contribution in [2.45, 2.75) is 25.5 Å². The molecule has 0 fully saturated rings. The van der Waals surface area contributed by atoms with Crippen LogP contribution in [-0.2, 0) is 18.4 Å². The highest BCUT2D eigenvalue weighted by Crippen LogP contribution is 2.32. The molecule has 34 heavy (non-hydrogen) atoms. The second-order valence-corrected chi connectivity index (χ2v) is 8.98. The molecule has 4 rings (SSSR count). The van der Waals surface area contributed by atoms with E-state index in [1.165, 1.54) is 18.7 Å². The number of thioether (sulfide) groups is 1. The summed E-state index contributed by atoms with van der Waals surface area (Å²) >= 11 is 7.34. The molecule has 0 saturated heterocycles. The summed E-state index contributed by atoms with van der Waals surface area (Å²) in [5.74, 6) is 0.584. The van der Waals surface area contributed by atoms with Crippen LogP contribution in [-0.4, -0.2) is 42.0 Å². The Morgan fingerprint density at radius 2 is 1.88 bits per heavy atom. The van der Waals surface area contributed by atoms with Gasteiger partial charge in [-0.2, -0.15) is 5.10 Å². The highest BCUT2D eigenvalue weighted by atomic mass is 35.5. The monoisotopic (exact) mass is 494 g/mol. The first-order chi connectivity index (χ1) is 16.4. The minimum Gasteiger partial charge on any atom is -0.325 e. The summed E-state index contributed by atoms with van der Waals surface area (Å²) < 4.78 is 3.70. The van der Waals surface area contributed by atoms with Crippen molar-refractivity contribution in [2.75, 3.05) is 11.1 Å². The summed E-state index contributed by atoms with van der Waals surface area (Å²) in [4.78, 5) is 24.1. The highest BCUT2D eigenvalue weighted by Gasteiger charge is 2.20. The van der Waals surface area contributed by atoms with E-state index < -0.39 is 0 Å². The lowest BCUT2D eigenvalue weighted by molar-refractivity contribution is -0.113. The van der Waals surface area contributed by atoms with E-state index in [2.05, 4.69) is 20.6 Å². The fourth-order valence-corrected chi connectivity index (χ4v) is 4.42. The zero-order valence-electron chi connectivity index (χ0n) is 18.9. The van der Waals surface area contributed by atoms with Gasteiger partial charge in [-0.3, -0.25) is 14.3 Å². The van der Waals surface area contributed by atoms with Crippen LogP contribution in [0.25, 0.3) is 22.6 Å². The fourth-order valence-electron chi connectivity index (χ4n) is 3.50. The number of benzene rings is 2. The van der Waals surface area contributed by atoms with E-state index in [4.69, 9.17) is 11.6 Å². The normalized spacial score (nSPS) is 10.9. The summed E-state index contributed by atoms with van der Waals surface area (Å²) in [5, 5.41) is 17.5. The third-order valence-corrected chi connectivity index (χ3v) is 6.32. The van der Waals surface area contributed by atoms with Gasteiger partial charge in [0.05, 0.1) is 11.3 Å². The first kappa shape index (κ1) is 23.7. The quantitative estimate of drug-likeness (QED) is 0.275. The lowest BCUT2D eigenvalue weighted by Gasteiger charge is -2.08. The van der Waals surface area contributed by atoms with Gasteiger partial charge in [-0.05, 0) is 38.1 Å². The molecule has 1 N–H and O–H groups in total. The molecule has 2 heterocycles. The molecule has 2 aromatic heterocycles. The van der Waals surface area contributed by atoms with Crippen molar-refractivity contribution >= 4 is 40.7 Å². The van der Waals surface area contributed by atoms with Crippen LogP contribution in [0, 0.1) is 0 Å². The SMILES string of the molecule is CCn1c(SCC(=O)Nc2cccc(C(C)=O)c2)nnc1-c1cn(C)nc1-c1ccc(Cl)cc1. The number of aromatic nitrogens is 5. The number of carbonyl (C=O) groups is 2. The number of hydrogen-bond acceptors (Lipinski definition) is 6. The number of aryl methyl sites for hydroxylation is 1. The van der Waals surface area contributed by atoms with E-state index in [1.54, 1.807) is 28.9 Å². The number of nitrogens with zero attached hydrogens (tertiary/aromatic N) is 5. The van der Waals surface area contributed by atoms with Crippen LogP contribution in [0.15, 0.2) is 59.9 Å². The van der Waals surface area contributed by atoms with Crippen molar-refractivity contribution in [3.8, 4) is 22.6 Å². The third-order valence-electron chi connectivity index (χ3n) is 5.11. The number of halogens is 1. The summed E-state index contributed by atoms with van der Waals surface area (Å²) in [5.41, 5.74) is 3.68. The van der Waals surface area contributed by atoms with Crippen LogP contribution < -0.4 is 5.32 Å². The molecule has 0 aliphatic rings. The maximum absolute atomic E-state index is 12.5. The minimum absolute atomic E-state index is 0.0533. The fraction of sp³-hybridized carbons (Fsp3) is 0.208. The number of hydrogen-bond donors (Lipinski definition) is 1. The maximum Gasteiger partial charge on any atom is 0.234 e. The van der Waals surface area contributed by atoms with Gasteiger partial charge >= 0.3 is 0 Å². The smallest absolute Gasteiger partial charge is 0.234 e. The van der Waals surface area contributed by atoms with Crippen molar-refractivity contribution in [2.24, 2.45) is 7.05 Å². The number of nitrogens with one attached hydrogen (secondary N) is 1. The molecule has 0 aliphatic heterocycles. The van der Waals surface area contributed by atoms with E-state index in [0.717, 1.165) is 16.8 Å². The Hall–Kier alpha value is -3.43. The van der Waals surface area contributed by atoms with Gasteiger partial charge in [0.2, 0.25) is 5.91 Å². The maximum atomic E-state index is 12.5. The first-order valence-electron chi connectivity index (χ1n) is 10.6. The van der Waals surface area contributed by atoms with Gasteiger partial charge in [0.1, 0.15) is 5.69 Å². The van der Waals surface area contributed by atoms with E-state index in [-0.39, 0.29) is 17.4 Å². The Morgan fingerprint density at radius 1 is 1.12 bits per heavy atom. The van der Waals surface area contributed by atoms with Crippen molar-refractivity contribution in [1.29, 1.82) is 0 Å². The van der Waals surface area contributed by atoms with Gasteiger partial charge in [-0.25, -0.2) is 0 Å². The summed E-state index contributed by atoms with van der Waals surface area (Å²) in [6.07, 6.45) is 1.91. The van der Waals surface area contributed by atoms with Crippen molar-refractivity contribution in [1.82, 2.24) is 24.5 Å². The van der Waals surface area contributed by atoms with Gasteiger partial charge in [0, 0.05) is 41.6 Å². The molecule has 0 spiro atoms. The van der Waals surface area contributed by atoms with Crippen LogP contribution in [0.2, 0.25) is 5.02 Å². The summed E-state index contributed by atoms with van der Waals surface area (Å²) in [6.45, 7) is 4.12. The standard InChI is InChI=1S/C24H23ClN6O2S/c1-4-31-23(20-13-30(3)29-22(20)16-8-10-18(25)11-9-16)27-28-24(31)34-14-21(33)26-19-7-5-6-17(12-19)15(2)32/h5-13H,4,14H2,1-3H3,(H,26,33). The number of amides is 1. The summed E-state index contributed by atoms with van der Waals surface area (Å²) in [6, 6.07) is 14.4. The van der Waals surface area contributed by atoms with Gasteiger partial charge < -0.3 is 9.88 Å². The topological polar surface area (TPSA) is 94.7 Å². The summed E-state index contributed by atoms with van der Waals surface area (Å²) in [7, 11) is 1.86. The van der Waals surface area contributed by atoms with Crippen LogP contribution in [0.5, 0.6) is 0 Å². The number of rotatable bonds is 8. The number of Topliss-reactive ketones (excluding diaryl/α,β-unsaturated/α-hetero) is 1. The van der Waals surface area contributed by atoms with E-state index in [9.17, 15) is 9.59 Å². The minimum atomic E-state index is -0.193. The molecule has 0 bridgehead atoms. The van der Waals surface area contributed by atoms with Crippen LogP contribution in [0.3, 0.4) is 0 Å². The van der Waals surface area contributed by atoms with Crippen molar-refractivity contribution in [3.05, 3.63) is 65.3 Å². The molecular weight excluding hydrogens is 472 g/mol. The molecule has 0 saturated carbocycles. The molecular formula is C24H23ClN6O2S. The van der Waals surface area contributed by atoms with E-state index >= 15 is 0 Å². The Balaban J connectivity index is 1.53. The molecule has 0 radical (unpaired) electrons. The van der Waals surface area contributed by atoms with Gasteiger partial charge in [-0.1, -0.05) is 47.6 Å². The van der Waals surface area contributed by atoms with E-state index in [0.29, 0.717) is 33.8 Å². The van der Waals surface area contributed by atoms with Gasteiger partial charge in [0.15, 0.2) is 16.8 Å². The Bertz CT molecular complexity index is 1350. The average Bonchev–Trinajstić information content (AvgIpc) is 3.41. The Morgan fingerprint density at radius 3 is 2.59 bits per heavy atom. The largest absolute Gasteiger partial charge is 0.325 e. The predicted molar refractivity (Wildman–Crippen MR) is 134 cm³/mol.